The normalized spacial score (nSPS) is 10.0. The Morgan fingerprint density at radius 2 is 1.76 bits per heavy atom. The molecule has 29 heavy (non-hydrogen) atoms. The summed E-state index contributed by atoms with van der Waals surface area (Å²) in [6, 6.07) is 13.8. The summed E-state index contributed by atoms with van der Waals surface area (Å²) in [4.78, 5) is 37.0. The van der Waals surface area contributed by atoms with E-state index >= 15 is 0 Å². The number of rotatable bonds is 9. The first-order valence-electron chi connectivity index (χ1n) is 8.59. The lowest BCUT2D eigenvalue weighted by atomic mass is 10.3. The summed E-state index contributed by atoms with van der Waals surface area (Å²) in [6.07, 6.45) is 0. The highest BCUT2D eigenvalue weighted by molar-refractivity contribution is 9.10. The smallest absolute Gasteiger partial charge is 0.344 e. The summed E-state index contributed by atoms with van der Waals surface area (Å²) in [7, 11) is 2.97. The van der Waals surface area contributed by atoms with Crippen molar-refractivity contribution in [2.75, 3.05) is 39.2 Å². The summed E-state index contributed by atoms with van der Waals surface area (Å²) >= 11 is 3.30. The average Bonchev–Trinajstić information content (AvgIpc) is 2.70. The minimum atomic E-state index is -0.687. The number of nitrogens with zero attached hydrogens (tertiary/aromatic N) is 1. The number of anilines is 1. The maximum Gasteiger partial charge on any atom is 0.344 e. The second kappa shape index (κ2) is 11.1. The quantitative estimate of drug-likeness (QED) is 0.572. The SMILES string of the molecule is COc1cccc(NC(=O)CN(C)C(=O)COC(=O)COc2cccc(Br)c2)c1. The molecule has 0 atom stereocenters. The van der Waals surface area contributed by atoms with E-state index in [1.165, 1.54) is 14.2 Å². The molecule has 1 N–H and O–H groups in total. The molecule has 0 saturated heterocycles. The Bertz CT molecular complexity index is 874. The number of likely N-dealkylation sites (N-methyl/N-ethyl adjacent to an activating group) is 1. The predicted octanol–water partition coefficient (Wildman–Crippen LogP) is 2.48. The van der Waals surface area contributed by atoms with E-state index in [-0.39, 0.29) is 13.2 Å². The molecule has 0 fully saturated rings. The van der Waals surface area contributed by atoms with Gasteiger partial charge in [-0.2, -0.15) is 0 Å². The highest BCUT2D eigenvalue weighted by Gasteiger charge is 2.16. The van der Waals surface area contributed by atoms with Gasteiger partial charge in [0.15, 0.2) is 13.2 Å². The molecular weight excluding hydrogens is 444 g/mol. The first-order chi connectivity index (χ1) is 13.9. The molecule has 0 bridgehead atoms. The minimum absolute atomic E-state index is 0.192. The molecule has 0 radical (unpaired) electrons. The minimum Gasteiger partial charge on any atom is -0.497 e. The van der Waals surface area contributed by atoms with Crippen LogP contribution in [0.2, 0.25) is 0 Å². The molecule has 2 aromatic rings. The molecule has 9 heteroatoms. The lowest BCUT2D eigenvalue weighted by molar-refractivity contribution is -0.153. The second-order valence-electron chi connectivity index (χ2n) is 5.94. The van der Waals surface area contributed by atoms with Crippen LogP contribution < -0.4 is 14.8 Å². The van der Waals surface area contributed by atoms with Gasteiger partial charge in [0.1, 0.15) is 11.5 Å². The average molecular weight is 465 g/mol. The van der Waals surface area contributed by atoms with Gasteiger partial charge in [-0.15, -0.1) is 0 Å². The largest absolute Gasteiger partial charge is 0.497 e. The fourth-order valence-electron chi connectivity index (χ4n) is 2.20. The number of nitrogens with one attached hydrogen (secondary N) is 1. The molecular formula is C20H21BrN2O6. The summed E-state index contributed by atoms with van der Waals surface area (Å²) in [6.45, 7) is -1.00. The standard InChI is InChI=1S/C20H21BrN2O6/c1-23(11-18(24)22-15-6-4-7-16(10-15)27-2)19(25)12-29-20(26)13-28-17-8-3-5-14(21)9-17/h3-10H,11-13H2,1-2H3,(H,22,24). The van der Waals surface area contributed by atoms with Crippen molar-refractivity contribution in [2.45, 2.75) is 0 Å². The Morgan fingerprint density at radius 3 is 2.48 bits per heavy atom. The van der Waals surface area contributed by atoms with E-state index in [1.807, 2.05) is 6.07 Å². The van der Waals surface area contributed by atoms with Crippen LogP contribution in [0.5, 0.6) is 11.5 Å². The van der Waals surface area contributed by atoms with E-state index < -0.39 is 24.4 Å². The Hall–Kier alpha value is -3.07. The summed E-state index contributed by atoms with van der Waals surface area (Å²) in [5.41, 5.74) is 0.548. The Morgan fingerprint density at radius 1 is 1.03 bits per heavy atom. The van der Waals surface area contributed by atoms with Gasteiger partial charge in [0.05, 0.1) is 13.7 Å². The van der Waals surface area contributed by atoms with Crippen LogP contribution in [0.4, 0.5) is 5.69 Å². The molecule has 0 aliphatic heterocycles. The van der Waals surface area contributed by atoms with Crippen molar-refractivity contribution in [2.24, 2.45) is 0 Å². The van der Waals surface area contributed by atoms with E-state index in [0.29, 0.717) is 17.2 Å². The molecule has 0 aliphatic rings. The molecule has 2 rings (SSSR count). The van der Waals surface area contributed by atoms with Gasteiger partial charge in [0, 0.05) is 23.3 Å². The van der Waals surface area contributed by atoms with Gasteiger partial charge in [-0.25, -0.2) is 4.79 Å². The van der Waals surface area contributed by atoms with E-state index in [2.05, 4.69) is 21.2 Å². The van der Waals surface area contributed by atoms with Crippen LogP contribution in [0, 0.1) is 0 Å². The summed E-state index contributed by atoms with van der Waals surface area (Å²) in [5.74, 6) is -0.495. The molecule has 154 valence electrons. The molecule has 0 aromatic heterocycles. The number of benzene rings is 2. The fourth-order valence-corrected chi connectivity index (χ4v) is 2.58. The number of amides is 2. The van der Waals surface area contributed by atoms with E-state index in [0.717, 1.165) is 9.37 Å². The number of carbonyl (C=O) groups excluding carboxylic acids is 3. The van der Waals surface area contributed by atoms with E-state index in [9.17, 15) is 14.4 Å². The number of halogens is 1. The number of methoxy groups -OCH3 is 1. The Balaban J connectivity index is 1.72. The van der Waals surface area contributed by atoms with Crippen LogP contribution in [-0.4, -0.2) is 56.6 Å². The highest BCUT2D eigenvalue weighted by atomic mass is 79.9. The van der Waals surface area contributed by atoms with Gasteiger partial charge in [-0.1, -0.05) is 28.1 Å². The van der Waals surface area contributed by atoms with Crippen molar-refractivity contribution in [1.82, 2.24) is 4.90 Å². The maximum absolute atomic E-state index is 12.1. The zero-order chi connectivity index (χ0) is 21.2. The maximum atomic E-state index is 12.1. The van der Waals surface area contributed by atoms with Gasteiger partial charge in [0.2, 0.25) is 5.91 Å². The van der Waals surface area contributed by atoms with E-state index in [4.69, 9.17) is 14.2 Å². The molecule has 0 spiro atoms. The van der Waals surface area contributed by atoms with Crippen molar-refractivity contribution in [1.29, 1.82) is 0 Å². The van der Waals surface area contributed by atoms with Crippen molar-refractivity contribution in [3.8, 4) is 11.5 Å². The van der Waals surface area contributed by atoms with Crippen LogP contribution in [0.3, 0.4) is 0 Å². The molecule has 0 heterocycles. The highest BCUT2D eigenvalue weighted by Crippen LogP contribution is 2.18. The second-order valence-corrected chi connectivity index (χ2v) is 6.85. The molecule has 2 aromatic carbocycles. The monoisotopic (exact) mass is 464 g/mol. The lowest BCUT2D eigenvalue weighted by Crippen LogP contribution is -2.37. The van der Waals surface area contributed by atoms with Gasteiger partial charge >= 0.3 is 5.97 Å². The Kier molecular flexibility index (Phi) is 8.47. The first-order valence-corrected chi connectivity index (χ1v) is 9.38. The van der Waals surface area contributed by atoms with Crippen LogP contribution >= 0.6 is 15.9 Å². The molecule has 2 amide bonds. The third kappa shape index (κ3) is 7.82. The zero-order valence-electron chi connectivity index (χ0n) is 16.0. The van der Waals surface area contributed by atoms with Crippen molar-refractivity contribution < 1.29 is 28.6 Å². The molecule has 0 unspecified atom stereocenters. The van der Waals surface area contributed by atoms with Crippen LogP contribution in [0.25, 0.3) is 0 Å². The number of ether oxygens (including phenoxy) is 3. The number of hydrogen-bond donors (Lipinski definition) is 1. The van der Waals surface area contributed by atoms with Crippen molar-refractivity contribution >= 4 is 39.4 Å². The van der Waals surface area contributed by atoms with Gasteiger partial charge < -0.3 is 24.4 Å². The van der Waals surface area contributed by atoms with Gasteiger partial charge in [-0.3, -0.25) is 9.59 Å². The fraction of sp³-hybridized carbons (Fsp3) is 0.250. The molecule has 8 nitrogen and oxygen atoms in total. The summed E-state index contributed by atoms with van der Waals surface area (Å²) in [5, 5.41) is 2.67. The lowest BCUT2D eigenvalue weighted by Gasteiger charge is -2.17. The van der Waals surface area contributed by atoms with Gasteiger partial charge in [0.25, 0.3) is 5.91 Å². The predicted molar refractivity (Wildman–Crippen MR) is 110 cm³/mol. The molecule has 0 aliphatic carbocycles. The van der Waals surface area contributed by atoms with E-state index in [1.54, 1.807) is 42.5 Å². The van der Waals surface area contributed by atoms with Crippen molar-refractivity contribution in [3.63, 3.8) is 0 Å². The number of hydrogen-bond acceptors (Lipinski definition) is 6. The number of carbonyl (C=O) groups is 3. The first kappa shape index (κ1) is 22.2. The number of esters is 1. The Labute approximate surface area is 176 Å². The third-order valence-corrected chi connectivity index (χ3v) is 4.16. The van der Waals surface area contributed by atoms with Crippen LogP contribution in [-0.2, 0) is 19.1 Å². The molecule has 0 saturated carbocycles. The van der Waals surface area contributed by atoms with Gasteiger partial charge in [-0.05, 0) is 30.3 Å². The third-order valence-electron chi connectivity index (χ3n) is 3.67. The van der Waals surface area contributed by atoms with Crippen LogP contribution in [0.1, 0.15) is 0 Å². The topological polar surface area (TPSA) is 94.2 Å². The summed E-state index contributed by atoms with van der Waals surface area (Å²) < 4.78 is 16.1. The van der Waals surface area contributed by atoms with Crippen molar-refractivity contribution in [3.05, 3.63) is 53.0 Å². The zero-order valence-corrected chi connectivity index (χ0v) is 17.6. The van der Waals surface area contributed by atoms with Crippen LogP contribution in [0.15, 0.2) is 53.0 Å².